The van der Waals surface area contributed by atoms with Gasteiger partial charge >= 0.3 is 0 Å². The van der Waals surface area contributed by atoms with E-state index in [-0.39, 0.29) is 0 Å². The molecular weight excluding hydrogens is 451 g/mol. The van der Waals surface area contributed by atoms with Crippen LogP contribution in [0.4, 0.5) is 5.69 Å². The van der Waals surface area contributed by atoms with Crippen LogP contribution in [0.5, 0.6) is 5.75 Å². The van der Waals surface area contributed by atoms with Crippen LogP contribution in [0.1, 0.15) is 19.4 Å². The van der Waals surface area contributed by atoms with E-state index in [1.807, 2.05) is 49.5 Å². The molecule has 0 amide bonds. The first-order chi connectivity index (χ1) is 13.0. The first-order valence-corrected chi connectivity index (χ1v) is 9.48. The van der Waals surface area contributed by atoms with Gasteiger partial charge in [0.15, 0.2) is 0 Å². The third-order valence-electron chi connectivity index (χ3n) is 4.25. The smallest absolute Gasteiger partial charge is 0.129 e. The monoisotopic (exact) mass is 470 g/mol. The molecule has 1 aromatic heterocycles. The molecule has 6 heteroatoms. The van der Waals surface area contributed by atoms with Crippen molar-refractivity contribution in [1.29, 1.82) is 10.7 Å². The standard InChI is InChI=1S/C21H19IN4O/c1-13(24)18(12-27-21-5-3-4-20-17(21)8-9-25-20)14(2)26-16-7-6-15(11-23)19(22)10-16/h3-10,24-26H,12H2,1-2H3/b18-14-,24-13?. The Morgan fingerprint density at radius 3 is 2.78 bits per heavy atom. The van der Waals surface area contributed by atoms with Gasteiger partial charge in [-0.3, -0.25) is 0 Å². The molecule has 0 saturated heterocycles. The van der Waals surface area contributed by atoms with Gasteiger partial charge in [0.05, 0.1) is 5.56 Å². The molecule has 5 nitrogen and oxygen atoms in total. The van der Waals surface area contributed by atoms with E-state index in [1.54, 1.807) is 13.0 Å². The van der Waals surface area contributed by atoms with E-state index >= 15 is 0 Å². The summed E-state index contributed by atoms with van der Waals surface area (Å²) in [6, 6.07) is 15.6. The van der Waals surface area contributed by atoms with Crippen molar-refractivity contribution in [1.82, 2.24) is 4.98 Å². The van der Waals surface area contributed by atoms with Gasteiger partial charge in [-0.25, -0.2) is 0 Å². The van der Waals surface area contributed by atoms with Crippen LogP contribution in [-0.2, 0) is 0 Å². The van der Waals surface area contributed by atoms with E-state index in [1.165, 1.54) is 0 Å². The molecule has 27 heavy (non-hydrogen) atoms. The molecule has 3 N–H and O–H groups in total. The van der Waals surface area contributed by atoms with Gasteiger partial charge < -0.3 is 20.4 Å². The Balaban J connectivity index is 1.81. The fourth-order valence-corrected chi connectivity index (χ4v) is 3.44. The number of benzene rings is 2. The number of H-pyrrole nitrogens is 1. The van der Waals surface area contributed by atoms with Crippen LogP contribution in [0, 0.1) is 20.3 Å². The molecule has 0 bridgehead atoms. The predicted molar refractivity (Wildman–Crippen MR) is 117 cm³/mol. The lowest BCUT2D eigenvalue weighted by Gasteiger charge is -2.15. The number of aromatic amines is 1. The Morgan fingerprint density at radius 1 is 1.26 bits per heavy atom. The quantitative estimate of drug-likeness (QED) is 0.331. The van der Waals surface area contributed by atoms with Crippen LogP contribution in [0.15, 0.2) is 59.9 Å². The number of aromatic nitrogens is 1. The molecule has 1 heterocycles. The highest BCUT2D eigenvalue weighted by Crippen LogP contribution is 2.25. The summed E-state index contributed by atoms with van der Waals surface area (Å²) in [5.41, 5.74) is 4.64. The van der Waals surface area contributed by atoms with E-state index in [4.69, 9.17) is 15.4 Å². The van der Waals surface area contributed by atoms with Gasteiger partial charge in [0.25, 0.3) is 0 Å². The van der Waals surface area contributed by atoms with Crippen LogP contribution in [-0.4, -0.2) is 17.3 Å². The van der Waals surface area contributed by atoms with Crippen LogP contribution >= 0.6 is 22.6 Å². The van der Waals surface area contributed by atoms with E-state index < -0.39 is 0 Å². The van der Waals surface area contributed by atoms with Gasteiger partial charge in [-0.1, -0.05) is 6.07 Å². The largest absolute Gasteiger partial charge is 0.488 e. The molecule has 3 aromatic rings. The van der Waals surface area contributed by atoms with Crippen molar-refractivity contribution in [3.05, 3.63) is 69.1 Å². The Bertz CT molecular complexity index is 1080. The highest BCUT2D eigenvalue weighted by atomic mass is 127. The normalized spacial score (nSPS) is 11.6. The minimum Gasteiger partial charge on any atom is -0.488 e. The molecule has 0 atom stereocenters. The SMILES string of the molecule is CC(=N)/C(COc1cccc2[nH]ccc12)=C(/C)Nc1ccc(C#N)c(I)c1. The number of nitrogens with one attached hydrogen (secondary N) is 3. The highest BCUT2D eigenvalue weighted by molar-refractivity contribution is 14.1. The number of allylic oxidation sites excluding steroid dienone is 1. The minimum absolute atomic E-state index is 0.297. The molecule has 3 rings (SSSR count). The third kappa shape index (κ3) is 4.31. The number of hydrogen-bond acceptors (Lipinski definition) is 4. The first kappa shape index (κ1) is 19.0. The summed E-state index contributed by atoms with van der Waals surface area (Å²) < 4.78 is 6.90. The lowest BCUT2D eigenvalue weighted by Crippen LogP contribution is -2.13. The zero-order valence-electron chi connectivity index (χ0n) is 15.1. The summed E-state index contributed by atoms with van der Waals surface area (Å²) in [7, 11) is 0. The average Bonchev–Trinajstić information content (AvgIpc) is 3.11. The van der Waals surface area contributed by atoms with Gasteiger partial charge in [-0.15, -0.1) is 0 Å². The maximum Gasteiger partial charge on any atom is 0.129 e. The van der Waals surface area contributed by atoms with Gasteiger partial charge in [0.2, 0.25) is 0 Å². The molecule has 136 valence electrons. The minimum atomic E-state index is 0.297. The van der Waals surface area contributed by atoms with Crippen LogP contribution in [0.25, 0.3) is 10.9 Å². The summed E-state index contributed by atoms with van der Waals surface area (Å²) in [6.45, 7) is 3.98. The number of nitriles is 1. The Kier molecular flexibility index (Phi) is 5.81. The number of rotatable bonds is 6. The molecule has 0 fully saturated rings. The molecule has 0 aliphatic heterocycles. The second-order valence-electron chi connectivity index (χ2n) is 6.14. The highest BCUT2D eigenvalue weighted by Gasteiger charge is 2.10. The van der Waals surface area contributed by atoms with Crippen molar-refractivity contribution in [3.8, 4) is 11.8 Å². The van der Waals surface area contributed by atoms with Crippen molar-refractivity contribution >= 4 is 44.9 Å². The number of nitrogens with zero attached hydrogens (tertiary/aromatic N) is 1. The summed E-state index contributed by atoms with van der Waals surface area (Å²) in [6.07, 6.45) is 1.88. The maximum atomic E-state index is 9.06. The summed E-state index contributed by atoms with van der Waals surface area (Å²) in [4.78, 5) is 3.17. The maximum absolute atomic E-state index is 9.06. The third-order valence-corrected chi connectivity index (χ3v) is 5.15. The summed E-state index contributed by atoms with van der Waals surface area (Å²) in [5.74, 6) is 0.785. The molecule has 0 spiro atoms. The van der Waals surface area contributed by atoms with Gasteiger partial charge in [0.1, 0.15) is 18.4 Å². The Labute approximate surface area is 171 Å². The fourth-order valence-electron chi connectivity index (χ4n) is 2.81. The second-order valence-corrected chi connectivity index (χ2v) is 7.31. The van der Waals surface area contributed by atoms with Crippen LogP contribution in [0.3, 0.4) is 0 Å². The molecule has 0 saturated carbocycles. The Hall–Kier alpha value is -2.79. The van der Waals surface area contributed by atoms with E-state index in [2.05, 4.69) is 39.0 Å². The zero-order valence-corrected chi connectivity index (χ0v) is 17.2. The Morgan fingerprint density at radius 2 is 2.07 bits per heavy atom. The van der Waals surface area contributed by atoms with Crippen molar-refractivity contribution in [2.75, 3.05) is 11.9 Å². The fraction of sp³-hybridized carbons (Fsp3) is 0.143. The number of halogens is 1. The number of anilines is 1. The van der Waals surface area contributed by atoms with Crippen molar-refractivity contribution in [2.24, 2.45) is 0 Å². The number of ether oxygens (including phenoxy) is 1. The molecule has 0 aliphatic rings. The summed E-state index contributed by atoms with van der Waals surface area (Å²) in [5, 5.41) is 21.5. The van der Waals surface area contributed by atoms with E-state index in [0.717, 1.165) is 37.2 Å². The van der Waals surface area contributed by atoms with Crippen molar-refractivity contribution in [2.45, 2.75) is 13.8 Å². The topological polar surface area (TPSA) is 84.7 Å². The molecular formula is C21H19IN4O. The average molecular weight is 470 g/mol. The van der Waals surface area contributed by atoms with Crippen LogP contribution in [0.2, 0.25) is 0 Å². The zero-order chi connectivity index (χ0) is 19.4. The van der Waals surface area contributed by atoms with Crippen LogP contribution < -0.4 is 10.1 Å². The lowest BCUT2D eigenvalue weighted by molar-refractivity contribution is 0.360. The predicted octanol–water partition coefficient (Wildman–Crippen LogP) is 5.45. The molecule has 0 unspecified atom stereocenters. The lowest BCUT2D eigenvalue weighted by atomic mass is 10.1. The van der Waals surface area contributed by atoms with E-state index in [0.29, 0.717) is 17.9 Å². The molecule has 0 aliphatic carbocycles. The second kappa shape index (κ2) is 8.27. The number of fused-ring (bicyclic) bond motifs is 1. The van der Waals surface area contributed by atoms with Crippen molar-refractivity contribution in [3.63, 3.8) is 0 Å². The summed E-state index contributed by atoms with van der Waals surface area (Å²) >= 11 is 2.15. The van der Waals surface area contributed by atoms with E-state index in [9.17, 15) is 0 Å². The molecule has 2 aromatic carbocycles. The van der Waals surface area contributed by atoms with Gasteiger partial charge in [-0.2, -0.15) is 5.26 Å². The van der Waals surface area contributed by atoms with Gasteiger partial charge in [0, 0.05) is 43.3 Å². The van der Waals surface area contributed by atoms with Crippen molar-refractivity contribution < 1.29 is 4.74 Å². The van der Waals surface area contributed by atoms with Gasteiger partial charge in [-0.05, 0) is 72.8 Å². The number of hydrogen-bond donors (Lipinski definition) is 3. The molecule has 0 radical (unpaired) electrons. The first-order valence-electron chi connectivity index (χ1n) is 8.40.